The maximum atomic E-state index is 4.97. The van der Waals surface area contributed by atoms with E-state index in [1.165, 1.54) is 4.68 Å². The molecule has 0 saturated heterocycles. The lowest BCUT2D eigenvalue weighted by atomic mass is 10.6. The van der Waals surface area contributed by atoms with E-state index < -0.39 is 0 Å². The summed E-state index contributed by atoms with van der Waals surface area (Å²) in [6.45, 7) is 0. The van der Waals surface area contributed by atoms with Crippen LogP contribution < -0.4 is 0 Å². The smallest absolute Gasteiger partial charge is 0.229 e. The number of furan rings is 1. The van der Waals surface area contributed by atoms with Gasteiger partial charge in [-0.25, -0.2) is 0 Å². The first kappa shape index (κ1) is 5.16. The summed E-state index contributed by atoms with van der Waals surface area (Å²) in [4.78, 5) is 0. The largest absolute Gasteiger partial charge is 0.447 e. The molecule has 2 aromatic heterocycles. The van der Waals surface area contributed by atoms with E-state index in [4.69, 9.17) is 4.42 Å². The first-order chi connectivity index (χ1) is 4.97. The Morgan fingerprint density at radius 1 is 1.60 bits per heavy atom. The molecule has 0 aliphatic rings. The molecule has 0 unspecified atom stereocenters. The number of hydrogen-bond donors (Lipinski definition) is 0. The summed E-state index contributed by atoms with van der Waals surface area (Å²) in [5, 5.41) is 10.3. The van der Waals surface area contributed by atoms with Gasteiger partial charge >= 0.3 is 0 Å². The van der Waals surface area contributed by atoms with E-state index in [1.54, 1.807) is 18.4 Å². The normalized spacial score (nSPS) is 10.0. The molecule has 0 atom stereocenters. The first-order valence-electron chi connectivity index (χ1n) is 2.67. The highest BCUT2D eigenvalue weighted by Crippen LogP contribution is 2.02. The molecule has 0 amide bonds. The molecule has 0 fully saturated rings. The molecule has 0 aliphatic heterocycles. The Hall–Kier alpha value is -1.65. The van der Waals surface area contributed by atoms with Crippen molar-refractivity contribution in [3.05, 3.63) is 24.7 Å². The molecule has 0 aromatic carbocycles. The zero-order valence-electron chi connectivity index (χ0n) is 4.93. The van der Waals surface area contributed by atoms with Gasteiger partial charge in [-0.3, -0.25) is 0 Å². The fourth-order valence-corrected chi connectivity index (χ4v) is 0.626. The van der Waals surface area contributed by atoms with Crippen LogP contribution in [0.5, 0.6) is 0 Å². The maximum Gasteiger partial charge on any atom is 0.229 e. The van der Waals surface area contributed by atoms with E-state index in [-0.39, 0.29) is 0 Å². The van der Waals surface area contributed by atoms with Crippen molar-refractivity contribution in [2.75, 3.05) is 0 Å². The first-order valence-corrected chi connectivity index (χ1v) is 2.67. The van der Waals surface area contributed by atoms with Gasteiger partial charge in [-0.15, -0.1) is 5.10 Å². The molecule has 0 N–H and O–H groups in total. The number of tetrazole rings is 1. The second-order valence-electron chi connectivity index (χ2n) is 1.64. The highest BCUT2D eigenvalue weighted by Gasteiger charge is 1.98. The highest BCUT2D eigenvalue weighted by molar-refractivity contribution is 5.13. The lowest BCUT2D eigenvalue weighted by Gasteiger charge is -1.86. The molecule has 2 aromatic rings. The number of nitrogens with zero attached hydrogens (tertiary/aromatic N) is 4. The van der Waals surface area contributed by atoms with Crippen LogP contribution in [0.3, 0.4) is 0 Å². The van der Waals surface area contributed by atoms with Gasteiger partial charge in [-0.05, 0) is 16.5 Å². The Bertz CT molecular complexity index is 253. The van der Waals surface area contributed by atoms with Gasteiger partial charge in [0.15, 0.2) is 0 Å². The van der Waals surface area contributed by atoms with Crippen molar-refractivity contribution in [2.45, 2.75) is 0 Å². The third kappa shape index (κ3) is 0.680. The molecule has 2 rings (SSSR count). The van der Waals surface area contributed by atoms with Gasteiger partial charge in [0.25, 0.3) is 0 Å². The third-order valence-electron chi connectivity index (χ3n) is 1.03. The Kier molecular flexibility index (Phi) is 1.00. The van der Waals surface area contributed by atoms with Gasteiger partial charge in [0.1, 0.15) is 0 Å². The summed E-state index contributed by atoms with van der Waals surface area (Å²) < 4.78 is 6.29. The second-order valence-corrected chi connectivity index (χ2v) is 1.64. The van der Waals surface area contributed by atoms with Crippen molar-refractivity contribution in [1.29, 1.82) is 0 Å². The zero-order chi connectivity index (χ0) is 6.81. The van der Waals surface area contributed by atoms with Gasteiger partial charge in [0, 0.05) is 6.07 Å². The van der Waals surface area contributed by atoms with E-state index in [0.29, 0.717) is 5.88 Å². The molecule has 49 valence electrons. The minimum absolute atomic E-state index is 0.560. The van der Waals surface area contributed by atoms with Crippen LogP contribution in [0.25, 0.3) is 5.88 Å². The van der Waals surface area contributed by atoms with E-state index in [1.807, 2.05) is 0 Å². The lowest BCUT2D eigenvalue weighted by molar-refractivity contribution is 0.516. The van der Waals surface area contributed by atoms with Crippen molar-refractivity contribution in [3.8, 4) is 5.88 Å². The molecule has 10 heavy (non-hydrogen) atoms. The summed E-state index contributed by atoms with van der Waals surface area (Å²) in [5.74, 6) is 0.560. The Labute approximate surface area is 56.3 Å². The highest BCUT2D eigenvalue weighted by atomic mass is 16.3. The molecule has 0 spiro atoms. The van der Waals surface area contributed by atoms with Crippen LogP contribution in [0.2, 0.25) is 0 Å². The predicted molar refractivity (Wildman–Crippen MR) is 30.3 cm³/mol. The predicted octanol–water partition coefficient (Wildman–Crippen LogP) is 0.0555. The fourth-order valence-electron chi connectivity index (χ4n) is 0.626. The van der Waals surface area contributed by atoms with Crippen LogP contribution in [-0.2, 0) is 0 Å². The van der Waals surface area contributed by atoms with Gasteiger partial charge in [-0.2, -0.15) is 4.68 Å². The van der Waals surface area contributed by atoms with E-state index in [2.05, 4.69) is 21.9 Å². The third-order valence-corrected chi connectivity index (χ3v) is 1.03. The van der Waals surface area contributed by atoms with Crippen molar-refractivity contribution in [3.63, 3.8) is 0 Å². The SMILES string of the molecule is [c]1nnnn1-c1ccco1. The van der Waals surface area contributed by atoms with Gasteiger partial charge < -0.3 is 4.42 Å². The van der Waals surface area contributed by atoms with Crippen molar-refractivity contribution in [2.24, 2.45) is 0 Å². The Morgan fingerprint density at radius 2 is 2.60 bits per heavy atom. The summed E-state index contributed by atoms with van der Waals surface area (Å²) in [6, 6.07) is 3.50. The minimum atomic E-state index is 0.560. The zero-order valence-corrected chi connectivity index (χ0v) is 4.93. The summed E-state index contributed by atoms with van der Waals surface area (Å²) in [7, 11) is 0. The van der Waals surface area contributed by atoms with E-state index in [0.717, 1.165) is 0 Å². The summed E-state index contributed by atoms with van der Waals surface area (Å²) in [6.07, 6.45) is 4.04. The fraction of sp³-hybridized carbons (Fsp3) is 0. The van der Waals surface area contributed by atoms with Gasteiger partial charge in [0.05, 0.1) is 6.26 Å². The molecule has 5 heteroatoms. The molecule has 0 bridgehead atoms. The maximum absolute atomic E-state index is 4.97. The number of aromatic nitrogens is 4. The standard InChI is InChI=1S/C5H3N4O/c1-2-5(10-3-1)9-4-6-7-8-9/h1-3H. The van der Waals surface area contributed by atoms with Crippen molar-refractivity contribution < 1.29 is 4.42 Å². The molecule has 5 nitrogen and oxygen atoms in total. The van der Waals surface area contributed by atoms with Crippen molar-refractivity contribution >= 4 is 0 Å². The Balaban J connectivity index is 2.48. The van der Waals surface area contributed by atoms with Gasteiger partial charge in [0.2, 0.25) is 12.2 Å². The average molecular weight is 135 g/mol. The van der Waals surface area contributed by atoms with Crippen LogP contribution >= 0.6 is 0 Å². The molecule has 1 radical (unpaired) electrons. The van der Waals surface area contributed by atoms with Crippen LogP contribution in [0.1, 0.15) is 0 Å². The molecule has 2 heterocycles. The Morgan fingerprint density at radius 3 is 3.20 bits per heavy atom. The molecule has 0 saturated carbocycles. The van der Waals surface area contributed by atoms with Crippen LogP contribution in [0.15, 0.2) is 22.8 Å². The molecular formula is C5H3N4O. The lowest BCUT2D eigenvalue weighted by Crippen LogP contribution is -1.91. The van der Waals surface area contributed by atoms with E-state index >= 15 is 0 Å². The number of rotatable bonds is 1. The minimum Gasteiger partial charge on any atom is -0.447 e. The average Bonchev–Trinajstić information content (AvgIpc) is 2.59. The van der Waals surface area contributed by atoms with Crippen LogP contribution in [0.4, 0.5) is 0 Å². The van der Waals surface area contributed by atoms with Gasteiger partial charge in [-0.1, -0.05) is 0 Å². The molecule has 0 aliphatic carbocycles. The summed E-state index contributed by atoms with van der Waals surface area (Å²) in [5.41, 5.74) is 0. The molecular weight excluding hydrogens is 132 g/mol. The second kappa shape index (κ2) is 1.94. The van der Waals surface area contributed by atoms with E-state index in [9.17, 15) is 0 Å². The summed E-state index contributed by atoms with van der Waals surface area (Å²) >= 11 is 0. The van der Waals surface area contributed by atoms with Crippen LogP contribution in [0, 0.1) is 6.33 Å². The topological polar surface area (TPSA) is 56.7 Å². The quantitative estimate of drug-likeness (QED) is 0.554. The number of hydrogen-bond acceptors (Lipinski definition) is 4. The monoisotopic (exact) mass is 135 g/mol. The van der Waals surface area contributed by atoms with Crippen molar-refractivity contribution in [1.82, 2.24) is 20.2 Å². The van der Waals surface area contributed by atoms with Crippen LogP contribution in [-0.4, -0.2) is 20.2 Å².